The molecule has 0 spiro atoms. The molecule has 1 aliphatic rings. The van der Waals surface area contributed by atoms with E-state index >= 15 is 0 Å². The highest BCUT2D eigenvalue weighted by Gasteiger charge is 2.28. The summed E-state index contributed by atoms with van der Waals surface area (Å²) < 4.78 is 11.2. The Bertz CT molecular complexity index is 536. The maximum atomic E-state index is 9.40. The number of benzene rings is 1. The Labute approximate surface area is 144 Å². The van der Waals surface area contributed by atoms with Crippen LogP contribution < -0.4 is 4.74 Å². The molecule has 1 heterocycles. The smallest absolute Gasteiger partial charge is 0.189 e. The number of hydrogen-bond acceptors (Lipinski definition) is 5. The second-order valence-corrected chi connectivity index (χ2v) is 7.05. The lowest BCUT2D eigenvalue weighted by atomic mass is 10.0. The van der Waals surface area contributed by atoms with Gasteiger partial charge in [0.25, 0.3) is 0 Å². The van der Waals surface area contributed by atoms with Gasteiger partial charge in [-0.3, -0.25) is 4.18 Å². The van der Waals surface area contributed by atoms with Crippen molar-refractivity contribution in [2.45, 2.75) is 30.8 Å². The molecule has 0 bridgehead atoms. The number of hydrogen-bond donors (Lipinski definition) is 0. The van der Waals surface area contributed by atoms with E-state index in [1.165, 1.54) is 5.56 Å². The Kier molecular flexibility index (Phi) is 6.62. The molecule has 7 heteroatoms. The Morgan fingerprint density at radius 1 is 1.65 bits per heavy atom. The average Bonchev–Trinajstić information content (AvgIpc) is 2.46. The molecule has 108 valence electrons. The van der Waals surface area contributed by atoms with Crippen LogP contribution in [0.3, 0.4) is 0 Å². The van der Waals surface area contributed by atoms with E-state index < -0.39 is 6.10 Å². The Morgan fingerprint density at radius 3 is 3.10 bits per heavy atom. The molecular weight excluding hydrogens is 429 g/mol. The van der Waals surface area contributed by atoms with Crippen molar-refractivity contribution in [1.29, 1.82) is 5.26 Å². The molecule has 0 aromatic heterocycles. The molecule has 1 aromatic rings. The first-order valence-electron chi connectivity index (χ1n) is 6.17. The number of fused-ring (bicyclic) bond motifs is 1. The first-order valence-corrected chi connectivity index (χ1v) is 10.8. The molecule has 0 radical (unpaired) electrons. The van der Waals surface area contributed by atoms with Gasteiger partial charge in [0.15, 0.2) is 6.10 Å². The van der Waals surface area contributed by atoms with E-state index in [9.17, 15) is 5.26 Å². The molecular formula is C13H13ClINO2S2. The number of nitrogens with zero attached hydrogens (tertiary/aromatic N) is 1. The summed E-state index contributed by atoms with van der Waals surface area (Å²) in [5, 5.41) is 9.96. The van der Waals surface area contributed by atoms with E-state index in [0.717, 1.165) is 38.3 Å². The number of nitriles is 1. The third-order valence-electron chi connectivity index (χ3n) is 2.94. The van der Waals surface area contributed by atoms with Gasteiger partial charge in [-0.05, 0) is 37.1 Å². The molecule has 1 atom stereocenters. The van der Waals surface area contributed by atoms with E-state index in [1.54, 1.807) is 11.8 Å². The van der Waals surface area contributed by atoms with Gasteiger partial charge < -0.3 is 4.74 Å². The molecule has 0 saturated heterocycles. The molecule has 0 aliphatic carbocycles. The predicted octanol–water partition coefficient (Wildman–Crippen LogP) is 5.36. The second-order valence-electron chi connectivity index (χ2n) is 4.14. The zero-order chi connectivity index (χ0) is 14.5. The van der Waals surface area contributed by atoms with Gasteiger partial charge in [0.05, 0.1) is 26.4 Å². The molecule has 0 N–H and O–H groups in total. The standard InChI is InChI=1S/C13H13ClINO2S2/c1-2-17-12-9(14)6-8-4-3-5-19-13(8)11(12)10(7-16)18-20-15/h6,10H,2-5H2,1H3. The van der Waals surface area contributed by atoms with Gasteiger partial charge in [-0.2, -0.15) is 5.26 Å². The minimum Gasteiger partial charge on any atom is -0.492 e. The number of aryl methyl sites for hydroxylation is 1. The van der Waals surface area contributed by atoms with Crippen LogP contribution in [-0.2, 0) is 10.6 Å². The fourth-order valence-electron chi connectivity index (χ4n) is 2.18. The average molecular weight is 442 g/mol. The molecule has 20 heavy (non-hydrogen) atoms. The largest absolute Gasteiger partial charge is 0.492 e. The van der Waals surface area contributed by atoms with Crippen molar-refractivity contribution >= 4 is 53.8 Å². The summed E-state index contributed by atoms with van der Waals surface area (Å²) in [4.78, 5) is 1.10. The molecule has 1 aromatic carbocycles. The molecule has 0 saturated carbocycles. The van der Waals surface area contributed by atoms with Crippen LogP contribution in [0.4, 0.5) is 0 Å². The van der Waals surface area contributed by atoms with Gasteiger partial charge in [0.2, 0.25) is 0 Å². The first-order chi connectivity index (χ1) is 9.72. The van der Waals surface area contributed by atoms with Gasteiger partial charge >= 0.3 is 0 Å². The second kappa shape index (κ2) is 7.99. The highest BCUT2D eigenvalue weighted by Crippen LogP contribution is 2.46. The van der Waals surface area contributed by atoms with Crippen molar-refractivity contribution in [3.8, 4) is 11.8 Å². The third kappa shape index (κ3) is 3.50. The summed E-state index contributed by atoms with van der Waals surface area (Å²) in [6, 6.07) is 4.16. The van der Waals surface area contributed by atoms with Gasteiger partial charge in [0.1, 0.15) is 11.8 Å². The Balaban J connectivity index is 2.59. The maximum absolute atomic E-state index is 9.40. The highest BCUT2D eigenvalue weighted by atomic mass is 127. The van der Waals surface area contributed by atoms with E-state index in [4.69, 9.17) is 20.5 Å². The van der Waals surface area contributed by atoms with Crippen molar-refractivity contribution in [1.82, 2.24) is 0 Å². The lowest BCUT2D eigenvalue weighted by Gasteiger charge is -2.24. The van der Waals surface area contributed by atoms with Gasteiger partial charge in [0, 0.05) is 26.1 Å². The lowest BCUT2D eigenvalue weighted by Crippen LogP contribution is -2.10. The SMILES string of the molecule is CCOc1c(Cl)cc2c(c1C(C#N)OSI)SCCC2. The minimum atomic E-state index is -0.670. The predicted molar refractivity (Wildman–Crippen MR) is 92.7 cm³/mol. The number of rotatable bonds is 5. The Morgan fingerprint density at radius 2 is 2.45 bits per heavy atom. The topological polar surface area (TPSA) is 42.2 Å². The van der Waals surface area contributed by atoms with Gasteiger partial charge in [-0.15, -0.1) is 11.8 Å². The van der Waals surface area contributed by atoms with Crippen LogP contribution in [0.2, 0.25) is 5.02 Å². The van der Waals surface area contributed by atoms with E-state index in [0.29, 0.717) is 17.4 Å². The van der Waals surface area contributed by atoms with E-state index in [-0.39, 0.29) is 0 Å². The van der Waals surface area contributed by atoms with Crippen molar-refractivity contribution in [2.24, 2.45) is 0 Å². The van der Waals surface area contributed by atoms with Crippen LogP contribution in [-0.4, -0.2) is 12.4 Å². The summed E-state index contributed by atoms with van der Waals surface area (Å²) in [6.45, 7) is 2.41. The summed E-state index contributed by atoms with van der Waals surface area (Å²) in [5.74, 6) is 1.63. The van der Waals surface area contributed by atoms with E-state index in [2.05, 4.69) is 6.07 Å². The zero-order valence-corrected chi connectivity index (χ0v) is 15.4. The highest BCUT2D eigenvalue weighted by molar-refractivity contribution is 14.2. The van der Waals surface area contributed by atoms with Crippen LogP contribution in [0.1, 0.15) is 30.6 Å². The summed E-state index contributed by atoms with van der Waals surface area (Å²) in [7, 11) is 1.15. The fraction of sp³-hybridized carbons (Fsp3) is 0.462. The molecule has 3 nitrogen and oxygen atoms in total. The third-order valence-corrected chi connectivity index (χ3v) is 5.37. The summed E-state index contributed by atoms with van der Waals surface area (Å²) in [6.07, 6.45) is 1.44. The number of ether oxygens (including phenoxy) is 1. The zero-order valence-electron chi connectivity index (χ0n) is 10.8. The van der Waals surface area contributed by atoms with Gasteiger partial charge in [-0.25, -0.2) is 0 Å². The van der Waals surface area contributed by atoms with Crippen LogP contribution in [0.25, 0.3) is 0 Å². The van der Waals surface area contributed by atoms with Crippen LogP contribution in [0, 0.1) is 11.3 Å². The lowest BCUT2D eigenvalue weighted by molar-refractivity contribution is 0.287. The molecule has 1 aliphatic heterocycles. The van der Waals surface area contributed by atoms with Crippen molar-refractivity contribution in [2.75, 3.05) is 12.4 Å². The fourth-order valence-corrected chi connectivity index (χ4v) is 4.50. The Hall–Kier alpha value is 0.190. The quantitative estimate of drug-likeness (QED) is 0.455. The van der Waals surface area contributed by atoms with Crippen LogP contribution in [0.15, 0.2) is 11.0 Å². The molecule has 0 amide bonds. The molecule has 1 unspecified atom stereocenters. The maximum Gasteiger partial charge on any atom is 0.189 e. The summed E-state index contributed by atoms with van der Waals surface area (Å²) >= 11 is 10.1. The van der Waals surface area contributed by atoms with Crippen molar-refractivity contribution in [3.63, 3.8) is 0 Å². The molecule has 2 rings (SSSR count). The normalized spacial score (nSPS) is 15.3. The number of thioether (sulfide) groups is 1. The van der Waals surface area contributed by atoms with Crippen molar-refractivity contribution in [3.05, 3.63) is 22.2 Å². The van der Waals surface area contributed by atoms with E-state index in [1.807, 2.05) is 34.2 Å². The van der Waals surface area contributed by atoms with Crippen LogP contribution >= 0.6 is 53.8 Å². The number of halogens is 2. The van der Waals surface area contributed by atoms with Crippen molar-refractivity contribution < 1.29 is 8.92 Å². The summed E-state index contributed by atoms with van der Waals surface area (Å²) in [5.41, 5.74) is 1.97. The molecule has 0 fully saturated rings. The first kappa shape index (κ1) is 16.6. The van der Waals surface area contributed by atoms with Gasteiger partial charge in [-0.1, -0.05) is 11.6 Å². The van der Waals surface area contributed by atoms with Crippen LogP contribution in [0.5, 0.6) is 5.75 Å². The monoisotopic (exact) mass is 441 g/mol. The minimum absolute atomic E-state index is 0.506.